The van der Waals surface area contributed by atoms with Gasteiger partial charge in [0.25, 0.3) is 5.56 Å². The Labute approximate surface area is 60.8 Å². The zero-order chi connectivity index (χ0) is 7.56. The van der Waals surface area contributed by atoms with Crippen LogP contribution in [-0.4, -0.2) is 20.6 Å². The Balaban J connectivity index is 0.000001000. The van der Waals surface area contributed by atoms with Crippen LogP contribution in [0.1, 0.15) is 5.56 Å². The van der Waals surface area contributed by atoms with E-state index < -0.39 is 11.2 Å². The zero-order valence-corrected chi connectivity index (χ0v) is 5.55. The highest BCUT2D eigenvalue weighted by Gasteiger charge is 1.95. The molecule has 6 heteroatoms. The predicted molar refractivity (Wildman–Crippen MR) is 37.2 cm³/mol. The van der Waals surface area contributed by atoms with E-state index in [4.69, 9.17) is 5.11 Å². The molecule has 0 bridgehead atoms. The van der Waals surface area contributed by atoms with Gasteiger partial charge in [-0.25, -0.2) is 4.79 Å². The van der Waals surface area contributed by atoms with Crippen molar-refractivity contribution < 1.29 is 10.6 Å². The Morgan fingerprint density at radius 1 is 1.45 bits per heavy atom. The molecule has 1 aromatic heterocycles. The van der Waals surface area contributed by atoms with Crippen LogP contribution in [0.15, 0.2) is 15.8 Å². The van der Waals surface area contributed by atoms with Gasteiger partial charge in [-0.05, 0) is 0 Å². The first-order valence-corrected chi connectivity index (χ1v) is 2.66. The molecule has 0 aromatic carbocycles. The third-order valence-corrected chi connectivity index (χ3v) is 1.07. The normalized spacial score (nSPS) is 8.82. The molecular formula is C5H8N2O4. The topological polar surface area (TPSA) is 117 Å². The summed E-state index contributed by atoms with van der Waals surface area (Å²) in [4.78, 5) is 25.2. The summed E-state index contributed by atoms with van der Waals surface area (Å²) in [6.45, 7) is -0.369. The summed E-state index contributed by atoms with van der Waals surface area (Å²) in [5.41, 5.74) is -0.965. The van der Waals surface area contributed by atoms with Gasteiger partial charge in [0.1, 0.15) is 0 Å². The number of aromatic amines is 2. The first-order valence-electron chi connectivity index (χ1n) is 2.66. The fraction of sp³-hybridized carbons (Fsp3) is 0.200. The molecule has 11 heavy (non-hydrogen) atoms. The first-order chi connectivity index (χ1) is 4.74. The van der Waals surface area contributed by atoms with Gasteiger partial charge in [-0.2, -0.15) is 0 Å². The number of H-pyrrole nitrogens is 2. The number of rotatable bonds is 1. The van der Waals surface area contributed by atoms with Crippen LogP contribution in [-0.2, 0) is 6.61 Å². The van der Waals surface area contributed by atoms with Gasteiger partial charge in [-0.3, -0.25) is 9.78 Å². The molecule has 0 fully saturated rings. The van der Waals surface area contributed by atoms with Crippen molar-refractivity contribution in [3.63, 3.8) is 0 Å². The van der Waals surface area contributed by atoms with Crippen molar-refractivity contribution in [1.29, 1.82) is 0 Å². The van der Waals surface area contributed by atoms with Crippen LogP contribution in [0.2, 0.25) is 0 Å². The van der Waals surface area contributed by atoms with E-state index in [1.807, 2.05) is 4.98 Å². The minimum Gasteiger partial charge on any atom is -0.412 e. The summed E-state index contributed by atoms with van der Waals surface area (Å²) in [6.07, 6.45) is 1.18. The van der Waals surface area contributed by atoms with Crippen LogP contribution in [0.25, 0.3) is 0 Å². The zero-order valence-electron chi connectivity index (χ0n) is 5.55. The Bertz CT molecular complexity index is 326. The minimum atomic E-state index is -0.567. The number of aromatic nitrogens is 2. The van der Waals surface area contributed by atoms with E-state index in [2.05, 4.69) is 4.98 Å². The molecule has 1 rings (SSSR count). The largest absolute Gasteiger partial charge is 0.412 e. The highest BCUT2D eigenvalue weighted by molar-refractivity contribution is 5.00. The standard InChI is InChI=1S/C5H6N2O3.H2O/c8-2-3-1-6-5(10)7-4(3)9;/h1,8H,2H2,(H2,6,7,9,10);1H2. The molecule has 0 unspecified atom stereocenters. The van der Waals surface area contributed by atoms with Crippen molar-refractivity contribution in [1.82, 2.24) is 9.97 Å². The fourth-order valence-electron chi connectivity index (χ4n) is 0.555. The summed E-state index contributed by atoms with van der Waals surface area (Å²) >= 11 is 0. The average Bonchev–Trinajstić information content (AvgIpc) is 1.88. The van der Waals surface area contributed by atoms with Crippen LogP contribution in [0.4, 0.5) is 0 Å². The second-order valence-electron chi connectivity index (χ2n) is 1.76. The van der Waals surface area contributed by atoms with E-state index in [0.29, 0.717) is 0 Å². The number of aliphatic hydroxyl groups excluding tert-OH is 1. The lowest BCUT2D eigenvalue weighted by Gasteiger charge is -1.89. The fourth-order valence-corrected chi connectivity index (χ4v) is 0.555. The van der Waals surface area contributed by atoms with Crippen molar-refractivity contribution in [2.75, 3.05) is 0 Å². The Morgan fingerprint density at radius 3 is 2.55 bits per heavy atom. The van der Waals surface area contributed by atoms with Gasteiger partial charge in [0.2, 0.25) is 0 Å². The number of nitrogens with one attached hydrogen (secondary N) is 2. The Kier molecular flexibility index (Phi) is 3.22. The van der Waals surface area contributed by atoms with E-state index in [9.17, 15) is 9.59 Å². The van der Waals surface area contributed by atoms with E-state index in [-0.39, 0.29) is 17.6 Å². The third-order valence-electron chi connectivity index (χ3n) is 1.07. The quantitative estimate of drug-likeness (QED) is 0.430. The number of hydrogen-bond donors (Lipinski definition) is 3. The Morgan fingerprint density at radius 2 is 2.09 bits per heavy atom. The monoisotopic (exact) mass is 160 g/mol. The smallest absolute Gasteiger partial charge is 0.325 e. The second-order valence-corrected chi connectivity index (χ2v) is 1.76. The molecule has 0 radical (unpaired) electrons. The maximum absolute atomic E-state index is 10.6. The summed E-state index contributed by atoms with van der Waals surface area (Å²) < 4.78 is 0. The molecule has 0 aliphatic rings. The van der Waals surface area contributed by atoms with E-state index in [1.165, 1.54) is 6.20 Å². The molecule has 0 saturated carbocycles. The molecule has 0 amide bonds. The van der Waals surface area contributed by atoms with Gasteiger partial charge in [-0.15, -0.1) is 0 Å². The lowest BCUT2D eigenvalue weighted by Crippen LogP contribution is -2.24. The van der Waals surface area contributed by atoms with Gasteiger partial charge in [0, 0.05) is 6.20 Å². The molecule has 1 heterocycles. The third kappa shape index (κ3) is 2.03. The molecule has 0 saturated heterocycles. The second kappa shape index (κ2) is 3.69. The predicted octanol–water partition coefficient (Wildman–Crippen LogP) is -2.27. The molecule has 0 aliphatic heterocycles. The van der Waals surface area contributed by atoms with E-state index >= 15 is 0 Å². The molecule has 1 aromatic rings. The SMILES string of the molecule is O.O=c1[nH]cc(CO)c(=O)[nH]1. The molecular weight excluding hydrogens is 152 g/mol. The van der Waals surface area contributed by atoms with Crippen molar-refractivity contribution >= 4 is 0 Å². The molecule has 0 spiro atoms. The van der Waals surface area contributed by atoms with Crippen LogP contribution >= 0.6 is 0 Å². The van der Waals surface area contributed by atoms with Crippen molar-refractivity contribution in [3.8, 4) is 0 Å². The molecule has 62 valence electrons. The summed E-state index contributed by atoms with van der Waals surface area (Å²) in [7, 11) is 0. The summed E-state index contributed by atoms with van der Waals surface area (Å²) in [5.74, 6) is 0. The maximum atomic E-state index is 10.6. The summed E-state index contributed by atoms with van der Waals surface area (Å²) in [5, 5.41) is 8.47. The van der Waals surface area contributed by atoms with Gasteiger partial charge in [-0.1, -0.05) is 0 Å². The maximum Gasteiger partial charge on any atom is 0.325 e. The van der Waals surface area contributed by atoms with Crippen LogP contribution in [0.5, 0.6) is 0 Å². The van der Waals surface area contributed by atoms with Crippen LogP contribution < -0.4 is 11.2 Å². The highest BCUT2D eigenvalue weighted by atomic mass is 16.3. The van der Waals surface area contributed by atoms with E-state index in [1.54, 1.807) is 0 Å². The lowest BCUT2D eigenvalue weighted by molar-refractivity contribution is 0.279. The highest BCUT2D eigenvalue weighted by Crippen LogP contribution is 1.79. The molecule has 6 nitrogen and oxygen atoms in total. The van der Waals surface area contributed by atoms with E-state index in [0.717, 1.165) is 0 Å². The van der Waals surface area contributed by atoms with Crippen LogP contribution in [0, 0.1) is 0 Å². The van der Waals surface area contributed by atoms with Gasteiger partial charge < -0.3 is 15.6 Å². The average molecular weight is 160 g/mol. The minimum absolute atomic E-state index is 0. The Hall–Kier alpha value is -1.40. The molecule has 5 N–H and O–H groups in total. The molecule has 0 atom stereocenters. The van der Waals surface area contributed by atoms with Gasteiger partial charge >= 0.3 is 5.69 Å². The van der Waals surface area contributed by atoms with Gasteiger partial charge in [0.05, 0.1) is 12.2 Å². The van der Waals surface area contributed by atoms with Crippen LogP contribution in [0.3, 0.4) is 0 Å². The van der Waals surface area contributed by atoms with Crippen molar-refractivity contribution in [3.05, 3.63) is 32.6 Å². The summed E-state index contributed by atoms with van der Waals surface area (Å²) in [6, 6.07) is 0. The first kappa shape index (κ1) is 9.60. The number of aliphatic hydroxyl groups is 1. The number of hydrogen-bond acceptors (Lipinski definition) is 3. The van der Waals surface area contributed by atoms with Crippen molar-refractivity contribution in [2.45, 2.75) is 6.61 Å². The van der Waals surface area contributed by atoms with Crippen molar-refractivity contribution in [2.24, 2.45) is 0 Å². The lowest BCUT2D eigenvalue weighted by atomic mass is 10.4. The molecule has 0 aliphatic carbocycles. The van der Waals surface area contributed by atoms with Gasteiger partial charge in [0.15, 0.2) is 0 Å².